The zero-order valence-corrected chi connectivity index (χ0v) is 17.2. The number of amides is 1. The van der Waals surface area contributed by atoms with Gasteiger partial charge < -0.3 is 18.6 Å². The van der Waals surface area contributed by atoms with E-state index in [1.807, 2.05) is 30.5 Å². The SMILES string of the molecule is O=C(CCc1c[nH]c2ccccc12)OCC(=O)N1N=C(c2ccco2)CC1c1ccco1. The van der Waals surface area contributed by atoms with E-state index in [9.17, 15) is 9.59 Å². The average Bonchev–Trinajstić information content (AvgIpc) is 3.61. The van der Waals surface area contributed by atoms with Crippen molar-refractivity contribution in [1.82, 2.24) is 9.99 Å². The van der Waals surface area contributed by atoms with Gasteiger partial charge in [-0.25, -0.2) is 5.01 Å². The van der Waals surface area contributed by atoms with Crippen LogP contribution in [0.3, 0.4) is 0 Å². The Bertz CT molecular complexity index is 1250. The van der Waals surface area contributed by atoms with Crippen LogP contribution in [-0.2, 0) is 20.7 Å². The number of para-hydroxylation sites is 1. The average molecular weight is 431 g/mol. The topological polar surface area (TPSA) is 101 Å². The molecule has 1 aliphatic rings. The van der Waals surface area contributed by atoms with Gasteiger partial charge in [-0.15, -0.1) is 0 Å². The molecule has 8 heteroatoms. The lowest BCUT2D eigenvalue weighted by Gasteiger charge is -2.19. The highest BCUT2D eigenvalue weighted by atomic mass is 16.5. The van der Waals surface area contributed by atoms with Gasteiger partial charge in [0.2, 0.25) is 0 Å². The number of nitrogens with one attached hydrogen (secondary N) is 1. The van der Waals surface area contributed by atoms with Crippen LogP contribution in [0.5, 0.6) is 0 Å². The van der Waals surface area contributed by atoms with E-state index >= 15 is 0 Å². The van der Waals surface area contributed by atoms with Crippen molar-refractivity contribution in [3.8, 4) is 0 Å². The normalized spacial score (nSPS) is 15.8. The Morgan fingerprint density at radius 1 is 1.09 bits per heavy atom. The van der Waals surface area contributed by atoms with Crippen molar-refractivity contribution < 1.29 is 23.2 Å². The van der Waals surface area contributed by atoms with Gasteiger partial charge in [0.05, 0.1) is 12.5 Å². The van der Waals surface area contributed by atoms with E-state index in [2.05, 4.69) is 10.1 Å². The van der Waals surface area contributed by atoms with Gasteiger partial charge in [-0.3, -0.25) is 9.59 Å². The molecule has 1 aliphatic heterocycles. The lowest BCUT2D eigenvalue weighted by atomic mass is 10.1. The fourth-order valence-electron chi connectivity index (χ4n) is 3.89. The minimum Gasteiger partial charge on any atom is -0.467 e. The molecule has 32 heavy (non-hydrogen) atoms. The number of rotatable bonds is 7. The Morgan fingerprint density at radius 2 is 1.94 bits per heavy atom. The van der Waals surface area contributed by atoms with E-state index in [-0.39, 0.29) is 6.42 Å². The summed E-state index contributed by atoms with van der Waals surface area (Å²) in [6, 6.07) is 14.6. The van der Waals surface area contributed by atoms with Gasteiger partial charge in [0.15, 0.2) is 6.61 Å². The number of aromatic nitrogens is 1. The summed E-state index contributed by atoms with van der Waals surface area (Å²) in [6.07, 6.45) is 6.15. The summed E-state index contributed by atoms with van der Waals surface area (Å²) in [4.78, 5) is 28.3. The smallest absolute Gasteiger partial charge is 0.306 e. The number of hydrazone groups is 1. The van der Waals surface area contributed by atoms with Crippen LogP contribution < -0.4 is 0 Å². The molecule has 4 aromatic rings. The molecular formula is C24H21N3O5. The van der Waals surface area contributed by atoms with Gasteiger partial charge >= 0.3 is 5.97 Å². The van der Waals surface area contributed by atoms with Crippen LogP contribution in [0.2, 0.25) is 0 Å². The standard InChI is InChI=1S/C24H21N3O5/c28-23(15-32-24(29)10-9-16-14-25-18-6-2-1-5-17(16)18)27-20(22-8-4-12-31-22)13-19(26-27)21-7-3-11-30-21/h1-8,11-12,14,20,25H,9-10,13,15H2. The number of benzene rings is 1. The second-order valence-corrected chi connectivity index (χ2v) is 7.52. The maximum Gasteiger partial charge on any atom is 0.306 e. The Balaban J connectivity index is 1.21. The highest BCUT2D eigenvalue weighted by Gasteiger charge is 2.36. The van der Waals surface area contributed by atoms with Crippen molar-refractivity contribution >= 4 is 28.5 Å². The van der Waals surface area contributed by atoms with Crippen LogP contribution in [-0.4, -0.2) is 34.2 Å². The summed E-state index contributed by atoms with van der Waals surface area (Å²) < 4.78 is 16.2. The minimum absolute atomic E-state index is 0.178. The van der Waals surface area contributed by atoms with Crippen molar-refractivity contribution in [3.63, 3.8) is 0 Å². The van der Waals surface area contributed by atoms with Crippen LogP contribution in [0.15, 0.2) is 81.2 Å². The molecule has 1 aromatic carbocycles. The molecule has 1 amide bonds. The van der Waals surface area contributed by atoms with Gasteiger partial charge in [0.1, 0.15) is 23.3 Å². The molecule has 8 nitrogen and oxygen atoms in total. The first kappa shape index (κ1) is 19.9. The van der Waals surface area contributed by atoms with Gasteiger partial charge in [0.25, 0.3) is 5.91 Å². The van der Waals surface area contributed by atoms with E-state index in [1.165, 1.54) is 5.01 Å². The van der Waals surface area contributed by atoms with Crippen LogP contribution >= 0.6 is 0 Å². The predicted octanol–water partition coefficient (Wildman–Crippen LogP) is 4.21. The molecule has 5 rings (SSSR count). The largest absolute Gasteiger partial charge is 0.467 e. The second-order valence-electron chi connectivity index (χ2n) is 7.52. The van der Waals surface area contributed by atoms with Crippen molar-refractivity contribution in [2.45, 2.75) is 25.3 Å². The molecule has 1 N–H and O–H groups in total. The molecule has 0 bridgehead atoms. The molecule has 1 atom stereocenters. The van der Waals surface area contributed by atoms with E-state index in [0.29, 0.717) is 30.1 Å². The summed E-state index contributed by atoms with van der Waals surface area (Å²) in [5, 5.41) is 6.81. The molecule has 162 valence electrons. The molecule has 3 aromatic heterocycles. The third kappa shape index (κ3) is 3.94. The molecular weight excluding hydrogens is 410 g/mol. The molecule has 1 unspecified atom stereocenters. The molecule has 0 spiro atoms. The first-order valence-corrected chi connectivity index (χ1v) is 10.4. The number of fused-ring (bicyclic) bond motifs is 1. The summed E-state index contributed by atoms with van der Waals surface area (Å²) in [6.45, 7) is -0.390. The highest BCUT2D eigenvalue weighted by molar-refractivity contribution is 6.01. The molecule has 0 saturated carbocycles. The maximum atomic E-state index is 12.8. The number of H-pyrrole nitrogens is 1. The number of furan rings is 2. The highest BCUT2D eigenvalue weighted by Crippen LogP contribution is 2.33. The molecule has 0 saturated heterocycles. The van der Waals surface area contributed by atoms with E-state index in [4.69, 9.17) is 13.6 Å². The number of aryl methyl sites for hydroxylation is 1. The first-order valence-electron chi connectivity index (χ1n) is 10.4. The van der Waals surface area contributed by atoms with Crippen molar-refractivity contribution in [2.75, 3.05) is 6.61 Å². The second kappa shape index (κ2) is 8.58. The van der Waals surface area contributed by atoms with E-state index in [0.717, 1.165) is 16.5 Å². The van der Waals surface area contributed by atoms with Crippen LogP contribution in [0, 0.1) is 0 Å². The third-order valence-corrected chi connectivity index (χ3v) is 5.47. The predicted molar refractivity (Wildman–Crippen MR) is 116 cm³/mol. The fraction of sp³-hybridized carbons (Fsp3) is 0.208. The van der Waals surface area contributed by atoms with Crippen molar-refractivity contribution in [1.29, 1.82) is 0 Å². The minimum atomic E-state index is -0.437. The number of hydrogen-bond acceptors (Lipinski definition) is 6. The summed E-state index contributed by atoms with van der Waals surface area (Å²) in [7, 11) is 0. The zero-order chi connectivity index (χ0) is 21.9. The molecule has 0 fully saturated rings. The quantitative estimate of drug-likeness (QED) is 0.442. The maximum absolute atomic E-state index is 12.8. The summed E-state index contributed by atoms with van der Waals surface area (Å²) >= 11 is 0. The lowest BCUT2D eigenvalue weighted by Crippen LogP contribution is -2.31. The van der Waals surface area contributed by atoms with Crippen molar-refractivity contribution in [2.24, 2.45) is 5.10 Å². The van der Waals surface area contributed by atoms with Gasteiger partial charge in [-0.2, -0.15) is 5.10 Å². The van der Waals surface area contributed by atoms with Crippen LogP contribution in [0.4, 0.5) is 0 Å². The third-order valence-electron chi connectivity index (χ3n) is 5.47. The first-order chi connectivity index (χ1) is 15.7. The Hall–Kier alpha value is -4.07. The number of carbonyl (C=O) groups excluding carboxylic acids is 2. The number of ether oxygens (including phenoxy) is 1. The Kier molecular flexibility index (Phi) is 5.33. The Labute approximate surface area is 183 Å². The van der Waals surface area contributed by atoms with Crippen molar-refractivity contribution in [3.05, 3.63) is 84.3 Å². The summed E-state index contributed by atoms with van der Waals surface area (Å²) in [5.41, 5.74) is 2.69. The zero-order valence-electron chi connectivity index (χ0n) is 17.2. The fourth-order valence-corrected chi connectivity index (χ4v) is 3.89. The lowest BCUT2D eigenvalue weighted by molar-refractivity contribution is -0.152. The summed E-state index contributed by atoms with van der Waals surface area (Å²) in [5.74, 6) is 0.336. The van der Waals surface area contributed by atoms with Crippen LogP contribution in [0.25, 0.3) is 10.9 Å². The van der Waals surface area contributed by atoms with Gasteiger partial charge in [0, 0.05) is 29.9 Å². The van der Waals surface area contributed by atoms with E-state index < -0.39 is 24.5 Å². The molecule has 0 aliphatic carbocycles. The Morgan fingerprint density at radius 3 is 2.75 bits per heavy atom. The molecule has 4 heterocycles. The van der Waals surface area contributed by atoms with E-state index in [1.54, 1.807) is 36.8 Å². The van der Waals surface area contributed by atoms with Gasteiger partial charge in [-0.05, 0) is 42.3 Å². The number of carbonyl (C=O) groups is 2. The molecule has 0 radical (unpaired) electrons. The number of esters is 1. The number of aromatic amines is 1. The number of hydrogen-bond donors (Lipinski definition) is 1. The monoisotopic (exact) mass is 431 g/mol. The number of nitrogens with zero attached hydrogens (tertiary/aromatic N) is 2. The van der Waals surface area contributed by atoms with Gasteiger partial charge in [-0.1, -0.05) is 18.2 Å². The van der Waals surface area contributed by atoms with Crippen LogP contribution in [0.1, 0.15) is 36.0 Å².